The Balaban J connectivity index is 2.27. The van der Waals surface area contributed by atoms with E-state index in [1.165, 1.54) is 6.20 Å². The van der Waals surface area contributed by atoms with Gasteiger partial charge in [-0.25, -0.2) is 4.79 Å². The van der Waals surface area contributed by atoms with Gasteiger partial charge < -0.3 is 10.4 Å². The topological polar surface area (TPSA) is 84.2 Å². The van der Waals surface area contributed by atoms with Gasteiger partial charge in [0, 0.05) is 12.7 Å². The average Bonchev–Trinajstić information content (AvgIpc) is 2.72. The third-order valence-corrected chi connectivity index (χ3v) is 4.50. The lowest BCUT2D eigenvalue weighted by Crippen LogP contribution is -2.60. The van der Waals surface area contributed by atoms with Crippen LogP contribution in [0.2, 0.25) is 0 Å². The first-order valence-corrected chi connectivity index (χ1v) is 6.93. The Labute approximate surface area is 118 Å². The molecular formula is C14H21N3O3. The van der Waals surface area contributed by atoms with Crippen molar-refractivity contribution in [1.82, 2.24) is 15.1 Å². The lowest BCUT2D eigenvalue weighted by Gasteiger charge is -2.39. The minimum Gasteiger partial charge on any atom is -0.479 e. The summed E-state index contributed by atoms with van der Waals surface area (Å²) in [5.74, 6) is -1.37. The molecule has 1 aliphatic rings. The van der Waals surface area contributed by atoms with Gasteiger partial charge in [-0.15, -0.1) is 0 Å². The fraction of sp³-hybridized carbons (Fsp3) is 0.643. The van der Waals surface area contributed by atoms with Crippen molar-refractivity contribution in [2.45, 2.75) is 45.1 Å². The second kappa shape index (κ2) is 5.26. The van der Waals surface area contributed by atoms with Crippen molar-refractivity contribution < 1.29 is 14.7 Å². The molecule has 1 amide bonds. The molecular weight excluding hydrogens is 258 g/mol. The molecule has 2 atom stereocenters. The predicted molar refractivity (Wildman–Crippen MR) is 73.4 cm³/mol. The summed E-state index contributed by atoms with van der Waals surface area (Å²) < 4.78 is 1.60. The second-order valence-electron chi connectivity index (χ2n) is 5.64. The summed E-state index contributed by atoms with van der Waals surface area (Å²) in [7, 11) is 1.75. The number of carboxylic acid groups (broad SMARTS) is 1. The first-order chi connectivity index (χ1) is 9.38. The summed E-state index contributed by atoms with van der Waals surface area (Å²) in [5.41, 5.74) is 0.00911. The highest BCUT2D eigenvalue weighted by Gasteiger charge is 2.46. The zero-order valence-electron chi connectivity index (χ0n) is 12.1. The maximum Gasteiger partial charge on any atom is 0.329 e. The molecule has 1 heterocycles. The fourth-order valence-corrected chi connectivity index (χ4v) is 2.90. The molecule has 0 saturated heterocycles. The van der Waals surface area contributed by atoms with Crippen molar-refractivity contribution in [1.29, 1.82) is 0 Å². The molecule has 1 saturated carbocycles. The highest BCUT2D eigenvalue weighted by Crippen LogP contribution is 2.34. The van der Waals surface area contributed by atoms with Gasteiger partial charge in [0.15, 0.2) is 0 Å². The van der Waals surface area contributed by atoms with E-state index in [9.17, 15) is 14.7 Å². The lowest BCUT2D eigenvalue weighted by molar-refractivity contribution is -0.148. The van der Waals surface area contributed by atoms with Gasteiger partial charge in [0.2, 0.25) is 0 Å². The second-order valence-corrected chi connectivity index (χ2v) is 5.64. The number of amides is 1. The fourth-order valence-electron chi connectivity index (χ4n) is 2.90. The number of aryl methyl sites for hydroxylation is 1. The zero-order valence-corrected chi connectivity index (χ0v) is 12.1. The molecule has 0 aliphatic heterocycles. The highest BCUT2D eigenvalue weighted by molar-refractivity contribution is 5.98. The number of nitrogens with zero attached hydrogens (tertiary/aromatic N) is 2. The van der Waals surface area contributed by atoms with E-state index in [0.717, 1.165) is 25.0 Å². The summed E-state index contributed by atoms with van der Waals surface area (Å²) in [6.07, 6.45) is 4.61. The van der Waals surface area contributed by atoms with Crippen LogP contribution in [0, 0.1) is 12.8 Å². The molecule has 0 radical (unpaired) electrons. The summed E-state index contributed by atoms with van der Waals surface area (Å²) >= 11 is 0. The summed E-state index contributed by atoms with van der Waals surface area (Å²) in [5, 5.41) is 16.4. The Bertz CT molecular complexity index is 538. The standard InChI is InChI=1S/C14H21N3O3/c1-9-6-4-5-7-14(9,13(19)20)16-12(18)11-8-15-17(3)10(11)2/h8-9H,4-7H2,1-3H3,(H,16,18)(H,19,20). The predicted octanol–water partition coefficient (Wildman–Crippen LogP) is 1.49. The van der Waals surface area contributed by atoms with Gasteiger partial charge in [0.25, 0.3) is 5.91 Å². The Morgan fingerprint density at radius 3 is 2.70 bits per heavy atom. The molecule has 6 nitrogen and oxygen atoms in total. The van der Waals surface area contributed by atoms with Crippen LogP contribution in [0.5, 0.6) is 0 Å². The average molecular weight is 279 g/mol. The monoisotopic (exact) mass is 279 g/mol. The van der Waals surface area contributed by atoms with Gasteiger partial charge in [-0.1, -0.05) is 19.8 Å². The number of hydrogen-bond acceptors (Lipinski definition) is 3. The molecule has 2 N–H and O–H groups in total. The zero-order chi connectivity index (χ0) is 14.9. The van der Waals surface area contributed by atoms with E-state index in [4.69, 9.17) is 0 Å². The van der Waals surface area contributed by atoms with Crippen LogP contribution in [-0.2, 0) is 11.8 Å². The molecule has 1 aromatic heterocycles. The number of nitrogens with one attached hydrogen (secondary N) is 1. The molecule has 1 fully saturated rings. The third kappa shape index (κ3) is 2.30. The van der Waals surface area contributed by atoms with Crippen molar-refractivity contribution in [2.24, 2.45) is 13.0 Å². The smallest absolute Gasteiger partial charge is 0.329 e. The van der Waals surface area contributed by atoms with Gasteiger partial charge in [0.1, 0.15) is 5.54 Å². The van der Waals surface area contributed by atoms with Gasteiger partial charge in [0.05, 0.1) is 11.8 Å². The van der Waals surface area contributed by atoms with E-state index in [2.05, 4.69) is 10.4 Å². The minimum atomic E-state index is -1.16. The Morgan fingerprint density at radius 1 is 1.50 bits per heavy atom. The van der Waals surface area contributed by atoms with E-state index >= 15 is 0 Å². The Hall–Kier alpha value is -1.85. The third-order valence-electron chi connectivity index (χ3n) is 4.50. The van der Waals surface area contributed by atoms with E-state index in [0.29, 0.717) is 12.0 Å². The molecule has 1 aromatic rings. The van der Waals surface area contributed by atoms with Crippen LogP contribution in [0.1, 0.15) is 48.7 Å². The maximum absolute atomic E-state index is 12.4. The Kier molecular flexibility index (Phi) is 3.83. The van der Waals surface area contributed by atoms with Crippen LogP contribution in [-0.4, -0.2) is 32.3 Å². The molecule has 2 unspecified atom stereocenters. The number of aliphatic carboxylic acids is 1. The van der Waals surface area contributed by atoms with Crippen molar-refractivity contribution in [3.8, 4) is 0 Å². The summed E-state index contributed by atoms with van der Waals surface area (Å²) in [4.78, 5) is 24.1. The van der Waals surface area contributed by atoms with Crippen LogP contribution >= 0.6 is 0 Å². The number of carbonyl (C=O) groups is 2. The van der Waals surface area contributed by atoms with Gasteiger partial charge in [-0.2, -0.15) is 5.10 Å². The van der Waals surface area contributed by atoms with Crippen LogP contribution in [0.3, 0.4) is 0 Å². The van der Waals surface area contributed by atoms with Crippen LogP contribution < -0.4 is 5.32 Å². The summed E-state index contributed by atoms with van der Waals surface area (Å²) in [6.45, 7) is 3.68. The van der Waals surface area contributed by atoms with Crippen molar-refractivity contribution >= 4 is 11.9 Å². The quantitative estimate of drug-likeness (QED) is 0.878. The molecule has 20 heavy (non-hydrogen) atoms. The van der Waals surface area contributed by atoms with E-state index in [-0.39, 0.29) is 11.8 Å². The van der Waals surface area contributed by atoms with E-state index in [1.54, 1.807) is 18.7 Å². The normalized spacial score (nSPS) is 26.2. The number of aromatic nitrogens is 2. The molecule has 1 aliphatic carbocycles. The number of hydrogen-bond donors (Lipinski definition) is 2. The largest absolute Gasteiger partial charge is 0.479 e. The Morgan fingerprint density at radius 2 is 2.20 bits per heavy atom. The maximum atomic E-state index is 12.4. The van der Waals surface area contributed by atoms with Crippen LogP contribution in [0.4, 0.5) is 0 Å². The van der Waals surface area contributed by atoms with Crippen molar-refractivity contribution in [2.75, 3.05) is 0 Å². The van der Waals surface area contributed by atoms with Crippen molar-refractivity contribution in [3.63, 3.8) is 0 Å². The highest BCUT2D eigenvalue weighted by atomic mass is 16.4. The molecule has 0 spiro atoms. The molecule has 110 valence electrons. The minimum absolute atomic E-state index is 0.0744. The first kappa shape index (κ1) is 14.6. The number of rotatable bonds is 3. The summed E-state index contributed by atoms with van der Waals surface area (Å²) in [6, 6.07) is 0. The first-order valence-electron chi connectivity index (χ1n) is 6.93. The van der Waals surface area contributed by atoms with E-state index in [1.807, 2.05) is 6.92 Å². The van der Waals surface area contributed by atoms with Gasteiger partial charge >= 0.3 is 5.97 Å². The molecule has 2 rings (SSSR count). The molecule has 0 bridgehead atoms. The SMILES string of the molecule is Cc1c(C(=O)NC2(C(=O)O)CCCCC2C)cnn1C. The van der Waals surface area contributed by atoms with Crippen LogP contribution in [0.25, 0.3) is 0 Å². The van der Waals surface area contributed by atoms with E-state index < -0.39 is 11.5 Å². The van der Waals surface area contributed by atoms with Crippen LogP contribution in [0.15, 0.2) is 6.20 Å². The van der Waals surface area contributed by atoms with Gasteiger partial charge in [-0.05, 0) is 25.7 Å². The number of carbonyl (C=O) groups excluding carboxylic acids is 1. The van der Waals surface area contributed by atoms with Crippen molar-refractivity contribution in [3.05, 3.63) is 17.5 Å². The van der Waals surface area contributed by atoms with Gasteiger partial charge in [-0.3, -0.25) is 9.48 Å². The lowest BCUT2D eigenvalue weighted by atomic mass is 9.73. The molecule has 6 heteroatoms. The number of carboxylic acids is 1. The molecule has 0 aromatic carbocycles.